The van der Waals surface area contributed by atoms with Gasteiger partial charge < -0.3 is 14.9 Å². The lowest BCUT2D eigenvalue weighted by molar-refractivity contribution is -0.126. The highest BCUT2D eigenvalue weighted by atomic mass is 16.5. The molecule has 4 heteroatoms. The van der Waals surface area contributed by atoms with Crippen LogP contribution in [0.15, 0.2) is 12.2 Å². The molecule has 0 saturated heterocycles. The molecule has 0 aromatic heterocycles. The minimum Gasteiger partial charge on any atom is -0.394 e. The molecule has 244 valence electrons. The maximum atomic E-state index is 13.0. The van der Waals surface area contributed by atoms with Crippen LogP contribution in [0.1, 0.15) is 187 Å². The molecule has 0 heterocycles. The van der Waals surface area contributed by atoms with Crippen molar-refractivity contribution in [1.29, 1.82) is 0 Å². The molecule has 0 aliphatic carbocycles. The zero-order valence-electron chi connectivity index (χ0n) is 27.7. The molecule has 0 aromatic carbocycles. The summed E-state index contributed by atoms with van der Waals surface area (Å²) in [7, 11) is 0. The van der Waals surface area contributed by atoms with Crippen molar-refractivity contribution in [2.45, 2.75) is 193 Å². The fourth-order valence-corrected chi connectivity index (χ4v) is 5.54. The number of ether oxygens (including phenoxy) is 1. The Morgan fingerprint density at radius 3 is 1.46 bits per heavy atom. The lowest BCUT2D eigenvalue weighted by Crippen LogP contribution is -2.25. The molecule has 0 amide bonds. The van der Waals surface area contributed by atoms with Crippen LogP contribution in [0, 0.1) is 5.92 Å². The number of rotatable bonds is 34. The fraction of sp³-hybridized carbons (Fsp3) is 0.919. The summed E-state index contributed by atoms with van der Waals surface area (Å²) in [6.07, 6.45) is 37.7. The van der Waals surface area contributed by atoms with Crippen LogP contribution in [0.25, 0.3) is 0 Å². The fourth-order valence-electron chi connectivity index (χ4n) is 5.54. The normalized spacial score (nSPS) is 13.3. The summed E-state index contributed by atoms with van der Waals surface area (Å²) >= 11 is 0. The highest BCUT2D eigenvalue weighted by Gasteiger charge is 2.18. The first-order valence-corrected chi connectivity index (χ1v) is 18.2. The van der Waals surface area contributed by atoms with Crippen molar-refractivity contribution in [1.82, 2.24) is 0 Å². The molecule has 2 N–H and O–H groups in total. The van der Waals surface area contributed by atoms with E-state index in [0.717, 1.165) is 25.7 Å². The molecule has 0 aliphatic heterocycles. The third-order valence-corrected chi connectivity index (χ3v) is 8.39. The number of hydrogen-bond acceptors (Lipinski definition) is 4. The first-order valence-electron chi connectivity index (χ1n) is 18.2. The van der Waals surface area contributed by atoms with Crippen molar-refractivity contribution in [3.63, 3.8) is 0 Å². The number of hydrogen-bond donors (Lipinski definition) is 2. The van der Waals surface area contributed by atoms with E-state index in [4.69, 9.17) is 9.84 Å². The van der Waals surface area contributed by atoms with Crippen molar-refractivity contribution >= 4 is 5.78 Å². The predicted molar refractivity (Wildman–Crippen MR) is 178 cm³/mol. The third kappa shape index (κ3) is 30.5. The molecule has 0 fully saturated rings. The molecule has 41 heavy (non-hydrogen) atoms. The van der Waals surface area contributed by atoms with Crippen LogP contribution in [0.2, 0.25) is 0 Å². The molecule has 0 bridgehead atoms. The predicted octanol–water partition coefficient (Wildman–Crippen LogP) is 10.7. The number of aliphatic hydroxyl groups is 2. The second-order valence-electron chi connectivity index (χ2n) is 12.5. The Hall–Kier alpha value is -0.710. The Bertz CT molecular complexity index is 547. The summed E-state index contributed by atoms with van der Waals surface area (Å²) in [4.78, 5) is 13.0. The summed E-state index contributed by atoms with van der Waals surface area (Å²) in [6.45, 7) is 4.72. The van der Waals surface area contributed by atoms with Gasteiger partial charge in [-0.3, -0.25) is 4.79 Å². The molecule has 0 radical (unpaired) electrons. The number of carbonyl (C=O) groups excluding carboxylic acids is 1. The summed E-state index contributed by atoms with van der Waals surface area (Å²) in [5.41, 5.74) is 0. The topological polar surface area (TPSA) is 66.8 Å². The van der Waals surface area contributed by atoms with Crippen molar-refractivity contribution in [3.8, 4) is 0 Å². The van der Waals surface area contributed by atoms with Crippen LogP contribution in [0.4, 0.5) is 0 Å². The van der Waals surface area contributed by atoms with E-state index < -0.39 is 6.10 Å². The van der Waals surface area contributed by atoms with Gasteiger partial charge in [0.2, 0.25) is 0 Å². The van der Waals surface area contributed by atoms with Crippen molar-refractivity contribution in [2.75, 3.05) is 19.8 Å². The molecule has 0 aromatic rings. The van der Waals surface area contributed by atoms with Crippen LogP contribution in [0.3, 0.4) is 0 Å². The van der Waals surface area contributed by atoms with Gasteiger partial charge in [0.15, 0.2) is 0 Å². The molecular formula is C37H72O4. The Balaban J connectivity index is 3.93. The summed E-state index contributed by atoms with van der Waals surface area (Å²) < 4.78 is 5.62. The van der Waals surface area contributed by atoms with Gasteiger partial charge in [-0.15, -0.1) is 0 Å². The lowest BCUT2D eigenvalue weighted by Gasteiger charge is -2.17. The molecule has 0 rings (SSSR count). The molecular weight excluding hydrogens is 508 g/mol. The van der Waals surface area contributed by atoms with Crippen LogP contribution in [-0.2, 0) is 9.53 Å². The van der Waals surface area contributed by atoms with Gasteiger partial charge >= 0.3 is 0 Å². The first-order chi connectivity index (χ1) is 20.2. The Morgan fingerprint density at radius 2 is 1.00 bits per heavy atom. The van der Waals surface area contributed by atoms with Gasteiger partial charge in [-0.05, 0) is 38.5 Å². The van der Waals surface area contributed by atoms with Crippen LogP contribution < -0.4 is 0 Å². The zero-order valence-corrected chi connectivity index (χ0v) is 27.7. The van der Waals surface area contributed by atoms with Crippen LogP contribution >= 0.6 is 0 Å². The van der Waals surface area contributed by atoms with Gasteiger partial charge in [0, 0.05) is 12.3 Å². The zero-order chi connectivity index (χ0) is 30.1. The lowest BCUT2D eigenvalue weighted by atomic mass is 9.93. The van der Waals surface area contributed by atoms with Crippen LogP contribution in [0.5, 0.6) is 0 Å². The SMILES string of the molecule is CCCCCCCC/C=C\CCCCCCCC(=O)C(CCCCCCCCCCCCCC)COCC(O)CO. The van der Waals surface area contributed by atoms with Crippen molar-refractivity contribution in [2.24, 2.45) is 5.92 Å². The maximum Gasteiger partial charge on any atom is 0.138 e. The van der Waals surface area contributed by atoms with E-state index in [1.54, 1.807) is 0 Å². The standard InChI is InChI=1S/C37H72O4/c1-3-5-7-9-11-13-15-17-18-19-21-23-25-27-29-31-37(40)35(33-41-34-36(39)32-38)30-28-26-24-22-20-16-14-12-10-8-6-4-2/h17-18,35-36,38-39H,3-16,19-34H2,1-2H3/b18-17-. The summed E-state index contributed by atoms with van der Waals surface area (Å²) in [5, 5.41) is 18.6. The van der Waals surface area contributed by atoms with Gasteiger partial charge in [0.25, 0.3) is 0 Å². The third-order valence-electron chi connectivity index (χ3n) is 8.39. The van der Waals surface area contributed by atoms with E-state index in [0.29, 0.717) is 18.8 Å². The van der Waals surface area contributed by atoms with Gasteiger partial charge in [-0.1, -0.05) is 154 Å². The first kappa shape index (κ1) is 40.3. The van der Waals surface area contributed by atoms with Crippen molar-refractivity contribution < 1.29 is 19.7 Å². The molecule has 2 unspecified atom stereocenters. The average molecular weight is 581 g/mol. The van der Waals surface area contributed by atoms with E-state index in [-0.39, 0.29) is 19.1 Å². The summed E-state index contributed by atoms with van der Waals surface area (Å²) in [5.74, 6) is 0.255. The number of Topliss-reactive ketones (excluding diaryl/α,β-unsaturated/α-hetero) is 1. The van der Waals surface area contributed by atoms with E-state index in [1.807, 2.05) is 0 Å². The van der Waals surface area contributed by atoms with E-state index >= 15 is 0 Å². The van der Waals surface area contributed by atoms with E-state index in [1.165, 1.54) is 141 Å². The number of carbonyl (C=O) groups is 1. The van der Waals surface area contributed by atoms with Crippen molar-refractivity contribution in [3.05, 3.63) is 12.2 Å². The molecule has 0 aliphatic rings. The molecule has 0 spiro atoms. The number of allylic oxidation sites excluding steroid dienone is 2. The van der Waals surface area contributed by atoms with Gasteiger partial charge in [0.05, 0.1) is 19.8 Å². The monoisotopic (exact) mass is 581 g/mol. The average Bonchev–Trinajstić information content (AvgIpc) is 2.98. The molecule has 4 nitrogen and oxygen atoms in total. The largest absolute Gasteiger partial charge is 0.394 e. The molecule has 2 atom stereocenters. The number of aliphatic hydroxyl groups excluding tert-OH is 2. The quantitative estimate of drug-likeness (QED) is 0.0587. The Kier molecular flexibility index (Phi) is 33.2. The van der Waals surface area contributed by atoms with Crippen LogP contribution in [-0.4, -0.2) is 41.9 Å². The second kappa shape index (κ2) is 33.8. The highest BCUT2D eigenvalue weighted by Crippen LogP contribution is 2.18. The van der Waals surface area contributed by atoms with E-state index in [2.05, 4.69) is 26.0 Å². The summed E-state index contributed by atoms with van der Waals surface area (Å²) in [6, 6.07) is 0. The smallest absolute Gasteiger partial charge is 0.138 e. The van der Waals surface area contributed by atoms with Gasteiger partial charge in [0.1, 0.15) is 11.9 Å². The minimum atomic E-state index is -0.859. The Morgan fingerprint density at radius 1 is 0.585 bits per heavy atom. The van der Waals surface area contributed by atoms with Gasteiger partial charge in [-0.25, -0.2) is 0 Å². The minimum absolute atomic E-state index is 0.0687. The Labute approximate surface area is 256 Å². The maximum absolute atomic E-state index is 13.0. The second-order valence-corrected chi connectivity index (χ2v) is 12.5. The molecule has 0 saturated carbocycles. The van der Waals surface area contributed by atoms with E-state index in [9.17, 15) is 9.90 Å². The number of ketones is 1. The van der Waals surface area contributed by atoms with Gasteiger partial charge in [-0.2, -0.15) is 0 Å². The number of unbranched alkanes of at least 4 members (excludes halogenated alkanes) is 22. The highest BCUT2D eigenvalue weighted by molar-refractivity contribution is 5.81.